The Morgan fingerprint density at radius 3 is 2.81 bits per heavy atom. The van der Waals surface area contributed by atoms with E-state index in [1.165, 1.54) is 0 Å². The van der Waals surface area contributed by atoms with E-state index in [0.29, 0.717) is 19.5 Å². The van der Waals surface area contributed by atoms with Crippen LogP contribution in [0.1, 0.15) is 27.2 Å². The average Bonchev–Trinajstić information content (AvgIpc) is 2.60. The van der Waals surface area contributed by atoms with Crippen LogP contribution in [0.4, 0.5) is 0 Å². The standard InChI is InChI=1S/C12H20N2O2/c1-4-5-6-13-12(16)10-7-11(15)14(8-10)9(2)3/h4-5,9-10H,6-8H2,1-3H3,(H,13,16)/b5-4+. The zero-order valence-electron chi connectivity index (χ0n) is 10.2. The van der Waals surface area contributed by atoms with Crippen LogP contribution in [-0.2, 0) is 9.59 Å². The lowest BCUT2D eigenvalue weighted by Gasteiger charge is -2.20. The Labute approximate surface area is 96.7 Å². The smallest absolute Gasteiger partial charge is 0.225 e. The number of carbonyl (C=O) groups is 2. The highest BCUT2D eigenvalue weighted by atomic mass is 16.2. The minimum absolute atomic E-state index is 0.0189. The molecule has 4 nitrogen and oxygen atoms in total. The van der Waals surface area contributed by atoms with Crippen molar-refractivity contribution in [2.24, 2.45) is 5.92 Å². The Bertz CT molecular complexity index is 297. The average molecular weight is 224 g/mol. The molecule has 1 saturated heterocycles. The molecule has 0 bridgehead atoms. The monoisotopic (exact) mass is 224 g/mol. The molecule has 0 aromatic carbocycles. The molecule has 0 spiro atoms. The van der Waals surface area contributed by atoms with Gasteiger partial charge in [0, 0.05) is 25.6 Å². The third kappa shape index (κ3) is 3.08. The maximum atomic E-state index is 11.7. The molecule has 90 valence electrons. The highest BCUT2D eigenvalue weighted by Gasteiger charge is 2.35. The van der Waals surface area contributed by atoms with Gasteiger partial charge in [0.1, 0.15) is 0 Å². The van der Waals surface area contributed by atoms with Crippen LogP contribution in [0.15, 0.2) is 12.2 Å². The second-order valence-corrected chi connectivity index (χ2v) is 4.36. The van der Waals surface area contributed by atoms with Gasteiger partial charge in [-0.2, -0.15) is 0 Å². The predicted octanol–water partition coefficient (Wildman–Crippen LogP) is 0.936. The van der Waals surface area contributed by atoms with Crippen molar-refractivity contribution in [2.45, 2.75) is 33.2 Å². The van der Waals surface area contributed by atoms with Gasteiger partial charge in [0.15, 0.2) is 0 Å². The molecule has 1 aliphatic rings. The van der Waals surface area contributed by atoms with Crippen LogP contribution in [0.3, 0.4) is 0 Å². The van der Waals surface area contributed by atoms with Gasteiger partial charge in [-0.3, -0.25) is 9.59 Å². The molecule has 1 rings (SSSR count). The van der Waals surface area contributed by atoms with E-state index in [9.17, 15) is 9.59 Å². The van der Waals surface area contributed by atoms with E-state index in [1.54, 1.807) is 4.90 Å². The molecular weight excluding hydrogens is 204 g/mol. The minimum atomic E-state index is -0.180. The lowest BCUT2D eigenvalue weighted by atomic mass is 10.1. The zero-order valence-corrected chi connectivity index (χ0v) is 10.2. The fourth-order valence-corrected chi connectivity index (χ4v) is 1.83. The highest BCUT2D eigenvalue weighted by Crippen LogP contribution is 2.19. The van der Waals surface area contributed by atoms with Crippen LogP contribution in [0.25, 0.3) is 0 Å². The number of hydrogen-bond acceptors (Lipinski definition) is 2. The van der Waals surface area contributed by atoms with Gasteiger partial charge in [0.2, 0.25) is 11.8 Å². The molecule has 1 heterocycles. The first-order chi connectivity index (χ1) is 7.56. The van der Waals surface area contributed by atoms with Gasteiger partial charge in [-0.15, -0.1) is 0 Å². The topological polar surface area (TPSA) is 49.4 Å². The first-order valence-corrected chi connectivity index (χ1v) is 5.74. The third-order valence-corrected chi connectivity index (χ3v) is 2.78. The van der Waals surface area contributed by atoms with Crippen LogP contribution in [0.5, 0.6) is 0 Å². The van der Waals surface area contributed by atoms with Gasteiger partial charge in [0.05, 0.1) is 5.92 Å². The lowest BCUT2D eigenvalue weighted by Crippen LogP contribution is -2.35. The molecular formula is C12H20N2O2. The molecule has 1 fully saturated rings. The number of rotatable bonds is 4. The van der Waals surface area contributed by atoms with Crippen LogP contribution >= 0.6 is 0 Å². The van der Waals surface area contributed by atoms with E-state index in [-0.39, 0.29) is 23.8 Å². The van der Waals surface area contributed by atoms with Crippen molar-refractivity contribution in [1.29, 1.82) is 0 Å². The molecule has 2 amide bonds. The van der Waals surface area contributed by atoms with E-state index in [4.69, 9.17) is 0 Å². The largest absolute Gasteiger partial charge is 0.352 e. The van der Waals surface area contributed by atoms with Crippen molar-refractivity contribution >= 4 is 11.8 Å². The van der Waals surface area contributed by atoms with E-state index in [0.717, 1.165) is 0 Å². The zero-order chi connectivity index (χ0) is 12.1. The summed E-state index contributed by atoms with van der Waals surface area (Å²) in [5, 5.41) is 2.80. The normalized spacial score (nSPS) is 21.1. The molecule has 0 aromatic heterocycles. The Morgan fingerprint density at radius 1 is 1.62 bits per heavy atom. The van der Waals surface area contributed by atoms with Gasteiger partial charge in [-0.05, 0) is 20.8 Å². The van der Waals surface area contributed by atoms with Crippen LogP contribution in [0.2, 0.25) is 0 Å². The SMILES string of the molecule is C/C=C/CNC(=O)C1CC(=O)N(C(C)C)C1. The first-order valence-electron chi connectivity index (χ1n) is 5.74. The van der Waals surface area contributed by atoms with Crippen molar-refractivity contribution in [3.05, 3.63) is 12.2 Å². The molecule has 1 N–H and O–H groups in total. The highest BCUT2D eigenvalue weighted by molar-refractivity contribution is 5.89. The van der Waals surface area contributed by atoms with Crippen LogP contribution < -0.4 is 5.32 Å². The fraction of sp³-hybridized carbons (Fsp3) is 0.667. The Hall–Kier alpha value is -1.32. The molecule has 4 heteroatoms. The summed E-state index contributed by atoms with van der Waals surface area (Å²) in [7, 11) is 0. The summed E-state index contributed by atoms with van der Waals surface area (Å²) in [6.07, 6.45) is 4.12. The van der Waals surface area contributed by atoms with Crippen LogP contribution in [-0.4, -0.2) is 35.8 Å². The summed E-state index contributed by atoms with van der Waals surface area (Å²) < 4.78 is 0. The summed E-state index contributed by atoms with van der Waals surface area (Å²) in [6.45, 7) is 6.95. The molecule has 0 aliphatic carbocycles. The first kappa shape index (κ1) is 12.7. The van der Waals surface area contributed by atoms with E-state index < -0.39 is 0 Å². The number of nitrogens with zero attached hydrogens (tertiary/aromatic N) is 1. The van der Waals surface area contributed by atoms with E-state index in [2.05, 4.69) is 5.32 Å². The quantitative estimate of drug-likeness (QED) is 0.722. The van der Waals surface area contributed by atoms with Gasteiger partial charge in [-0.25, -0.2) is 0 Å². The fourth-order valence-electron chi connectivity index (χ4n) is 1.83. The maximum absolute atomic E-state index is 11.7. The molecule has 1 unspecified atom stereocenters. The van der Waals surface area contributed by atoms with Crippen molar-refractivity contribution in [3.8, 4) is 0 Å². The number of allylic oxidation sites excluding steroid dienone is 1. The molecule has 1 atom stereocenters. The van der Waals surface area contributed by atoms with Crippen molar-refractivity contribution < 1.29 is 9.59 Å². The van der Waals surface area contributed by atoms with E-state index in [1.807, 2.05) is 32.9 Å². The predicted molar refractivity (Wildman–Crippen MR) is 62.8 cm³/mol. The Kier molecular flexibility index (Phi) is 4.52. The Morgan fingerprint density at radius 2 is 2.31 bits per heavy atom. The molecule has 16 heavy (non-hydrogen) atoms. The molecule has 0 radical (unpaired) electrons. The number of hydrogen-bond donors (Lipinski definition) is 1. The van der Waals surface area contributed by atoms with Crippen molar-refractivity contribution in [2.75, 3.05) is 13.1 Å². The van der Waals surface area contributed by atoms with E-state index >= 15 is 0 Å². The number of carbonyl (C=O) groups excluding carboxylic acids is 2. The van der Waals surface area contributed by atoms with Gasteiger partial charge in [-0.1, -0.05) is 12.2 Å². The van der Waals surface area contributed by atoms with Crippen molar-refractivity contribution in [1.82, 2.24) is 10.2 Å². The summed E-state index contributed by atoms with van der Waals surface area (Å²) in [5.74, 6) is -0.115. The van der Waals surface area contributed by atoms with Gasteiger partial charge >= 0.3 is 0 Å². The second-order valence-electron chi connectivity index (χ2n) is 4.36. The summed E-state index contributed by atoms with van der Waals surface area (Å²) >= 11 is 0. The third-order valence-electron chi connectivity index (χ3n) is 2.78. The number of likely N-dealkylation sites (tertiary alicyclic amines) is 1. The summed E-state index contributed by atoms with van der Waals surface area (Å²) in [4.78, 5) is 25.1. The van der Waals surface area contributed by atoms with Gasteiger partial charge < -0.3 is 10.2 Å². The second kappa shape index (κ2) is 5.68. The number of nitrogens with one attached hydrogen (secondary N) is 1. The van der Waals surface area contributed by atoms with Crippen LogP contribution in [0, 0.1) is 5.92 Å². The minimum Gasteiger partial charge on any atom is -0.352 e. The molecule has 0 aromatic rings. The van der Waals surface area contributed by atoms with Crippen molar-refractivity contribution in [3.63, 3.8) is 0 Å². The summed E-state index contributed by atoms with van der Waals surface area (Å²) in [5.41, 5.74) is 0. The van der Waals surface area contributed by atoms with Gasteiger partial charge in [0.25, 0.3) is 0 Å². The summed E-state index contributed by atoms with van der Waals surface area (Å²) in [6, 6.07) is 0.181. The molecule has 0 saturated carbocycles. The lowest BCUT2D eigenvalue weighted by molar-refractivity contribution is -0.129. The maximum Gasteiger partial charge on any atom is 0.225 e. The number of amides is 2. The Balaban J connectivity index is 2.45. The molecule has 1 aliphatic heterocycles.